The van der Waals surface area contributed by atoms with Gasteiger partial charge in [0.1, 0.15) is 11.2 Å². The lowest BCUT2D eigenvalue weighted by atomic mass is 10.2. The van der Waals surface area contributed by atoms with Crippen LogP contribution >= 0.6 is 0 Å². The van der Waals surface area contributed by atoms with Crippen molar-refractivity contribution in [1.82, 2.24) is 9.88 Å². The average molecular weight is 421 g/mol. The number of nitro benzene ring substituents is 1. The second-order valence-electron chi connectivity index (χ2n) is 7.54. The van der Waals surface area contributed by atoms with Crippen molar-refractivity contribution < 1.29 is 14.5 Å². The van der Waals surface area contributed by atoms with Gasteiger partial charge in [-0.15, -0.1) is 0 Å². The Bertz CT molecular complexity index is 1110. The van der Waals surface area contributed by atoms with Crippen molar-refractivity contribution in [2.45, 2.75) is 25.7 Å². The molecule has 160 valence electrons. The molecule has 2 aromatic carbocycles. The lowest BCUT2D eigenvalue weighted by molar-refractivity contribution is -0.383. The third-order valence-corrected chi connectivity index (χ3v) is 5.36. The van der Waals surface area contributed by atoms with Crippen LogP contribution in [-0.2, 0) is 0 Å². The quantitative estimate of drug-likeness (QED) is 0.416. The van der Waals surface area contributed by atoms with Gasteiger partial charge in [0.05, 0.1) is 4.92 Å². The number of nitro groups is 1. The summed E-state index contributed by atoms with van der Waals surface area (Å²) in [4.78, 5) is 40.3. The number of carbonyl (C=O) groups is 2. The Hall–Kier alpha value is -3.88. The highest BCUT2D eigenvalue weighted by atomic mass is 16.6. The van der Waals surface area contributed by atoms with Crippen molar-refractivity contribution in [3.8, 4) is 0 Å². The van der Waals surface area contributed by atoms with E-state index in [9.17, 15) is 19.7 Å². The van der Waals surface area contributed by atoms with E-state index in [0.29, 0.717) is 22.3 Å². The van der Waals surface area contributed by atoms with Crippen LogP contribution in [-0.4, -0.2) is 39.8 Å². The van der Waals surface area contributed by atoms with Gasteiger partial charge in [0.25, 0.3) is 11.6 Å². The number of aromatic nitrogens is 1. The first-order chi connectivity index (χ1) is 15.0. The van der Waals surface area contributed by atoms with Crippen molar-refractivity contribution in [3.05, 3.63) is 64.3 Å². The molecule has 0 bridgehead atoms. The molecule has 31 heavy (non-hydrogen) atoms. The van der Waals surface area contributed by atoms with Crippen molar-refractivity contribution in [2.24, 2.45) is 0 Å². The number of hydrogen-bond donors (Lipinski definition) is 3. The van der Waals surface area contributed by atoms with Crippen LogP contribution in [0.4, 0.5) is 21.9 Å². The van der Waals surface area contributed by atoms with Gasteiger partial charge in [0.2, 0.25) is 0 Å². The number of benzene rings is 2. The van der Waals surface area contributed by atoms with Crippen molar-refractivity contribution in [2.75, 3.05) is 23.7 Å². The predicted octanol–water partition coefficient (Wildman–Crippen LogP) is 4.74. The van der Waals surface area contributed by atoms with E-state index in [2.05, 4.69) is 15.6 Å². The van der Waals surface area contributed by atoms with E-state index in [-0.39, 0.29) is 17.4 Å². The first-order valence-corrected chi connectivity index (χ1v) is 10.2. The topological polar surface area (TPSA) is 120 Å². The number of carbonyl (C=O) groups excluding carboxylic acids is 2. The minimum atomic E-state index is -0.487. The highest BCUT2D eigenvalue weighted by Crippen LogP contribution is 2.26. The van der Waals surface area contributed by atoms with Crippen LogP contribution in [0.25, 0.3) is 10.9 Å². The molecule has 1 saturated heterocycles. The van der Waals surface area contributed by atoms with Crippen molar-refractivity contribution >= 4 is 39.9 Å². The van der Waals surface area contributed by atoms with E-state index in [4.69, 9.17) is 0 Å². The Balaban J connectivity index is 1.41. The van der Waals surface area contributed by atoms with Gasteiger partial charge in [0.15, 0.2) is 0 Å². The Morgan fingerprint density at radius 2 is 1.58 bits per heavy atom. The molecule has 3 aromatic rings. The van der Waals surface area contributed by atoms with Crippen LogP contribution in [0.15, 0.2) is 48.5 Å². The maximum absolute atomic E-state index is 12.6. The summed E-state index contributed by atoms with van der Waals surface area (Å²) in [6.45, 7) is 1.53. The number of nitrogens with one attached hydrogen (secondary N) is 3. The van der Waals surface area contributed by atoms with Gasteiger partial charge < -0.3 is 20.5 Å². The molecule has 0 saturated carbocycles. The predicted molar refractivity (Wildman–Crippen MR) is 118 cm³/mol. The summed E-state index contributed by atoms with van der Waals surface area (Å²) in [7, 11) is 0. The highest BCUT2D eigenvalue weighted by Gasteiger charge is 2.18. The van der Waals surface area contributed by atoms with Gasteiger partial charge in [-0.2, -0.15) is 0 Å². The van der Waals surface area contributed by atoms with Crippen molar-refractivity contribution in [1.29, 1.82) is 0 Å². The molecule has 3 N–H and O–H groups in total. The fraction of sp³-hybridized carbons (Fsp3) is 0.273. The minimum Gasteiger partial charge on any atom is -0.345 e. The summed E-state index contributed by atoms with van der Waals surface area (Å²) in [5.74, 6) is -0.410. The monoisotopic (exact) mass is 421 g/mol. The number of fused-ring (bicyclic) bond motifs is 1. The summed E-state index contributed by atoms with van der Waals surface area (Å²) in [6.07, 6.45) is 4.36. The number of anilines is 2. The molecule has 4 rings (SSSR count). The maximum atomic E-state index is 12.6. The molecule has 2 heterocycles. The molecule has 0 unspecified atom stereocenters. The molecular weight excluding hydrogens is 398 g/mol. The molecule has 0 spiro atoms. The van der Waals surface area contributed by atoms with Crippen LogP contribution in [0.2, 0.25) is 0 Å². The fourth-order valence-corrected chi connectivity index (χ4v) is 3.73. The number of nitrogens with zero attached hydrogens (tertiary/aromatic N) is 2. The lowest BCUT2D eigenvalue weighted by Gasteiger charge is -2.20. The molecule has 0 aliphatic carbocycles. The normalized spacial score (nSPS) is 14.1. The number of H-pyrrole nitrogens is 1. The van der Waals surface area contributed by atoms with Crippen LogP contribution in [0.5, 0.6) is 0 Å². The van der Waals surface area contributed by atoms with E-state index < -0.39 is 10.8 Å². The molecule has 1 aliphatic rings. The molecule has 1 aliphatic heterocycles. The first kappa shape index (κ1) is 20.4. The fourth-order valence-electron chi connectivity index (χ4n) is 3.73. The molecule has 9 heteroatoms. The third kappa shape index (κ3) is 4.66. The number of urea groups is 1. The smallest absolute Gasteiger partial charge is 0.321 e. The second-order valence-corrected chi connectivity index (χ2v) is 7.54. The summed E-state index contributed by atoms with van der Waals surface area (Å²) >= 11 is 0. The van der Waals surface area contributed by atoms with E-state index in [0.717, 1.165) is 38.8 Å². The molecule has 0 radical (unpaired) electrons. The number of amides is 3. The Morgan fingerprint density at radius 3 is 2.23 bits per heavy atom. The zero-order valence-electron chi connectivity index (χ0n) is 16.9. The van der Waals surface area contributed by atoms with Gasteiger partial charge in [0, 0.05) is 35.9 Å². The standard InChI is InChI=1S/C22H23N5O4/c28-21(18-14-15-6-5-7-19(27(30)31)20(15)25-18)23-16-8-10-17(11-9-16)24-22(29)26-12-3-1-2-4-13-26/h5-11,14,25H,1-4,12-13H2,(H,23,28)(H,24,29). The van der Waals surface area contributed by atoms with E-state index in [1.165, 1.54) is 6.07 Å². The molecular formula is C22H23N5O4. The Kier molecular flexibility index (Phi) is 5.83. The van der Waals surface area contributed by atoms with Crippen molar-refractivity contribution in [3.63, 3.8) is 0 Å². The summed E-state index contributed by atoms with van der Waals surface area (Å²) in [5, 5.41) is 17.4. The molecule has 3 amide bonds. The molecule has 1 aromatic heterocycles. The number of aromatic amines is 1. The van der Waals surface area contributed by atoms with Gasteiger partial charge in [-0.1, -0.05) is 25.0 Å². The van der Waals surface area contributed by atoms with Gasteiger partial charge in [-0.3, -0.25) is 14.9 Å². The summed E-state index contributed by atoms with van der Waals surface area (Å²) in [6, 6.07) is 13.0. The number of hydrogen-bond acceptors (Lipinski definition) is 4. The zero-order chi connectivity index (χ0) is 21.8. The Morgan fingerprint density at radius 1 is 0.935 bits per heavy atom. The molecule has 1 fully saturated rings. The van der Waals surface area contributed by atoms with Gasteiger partial charge >= 0.3 is 6.03 Å². The van der Waals surface area contributed by atoms with Crippen LogP contribution in [0.3, 0.4) is 0 Å². The number of likely N-dealkylation sites (tertiary alicyclic amines) is 1. The summed E-state index contributed by atoms with van der Waals surface area (Å²) < 4.78 is 0. The summed E-state index contributed by atoms with van der Waals surface area (Å²) in [5.41, 5.74) is 1.65. The van der Waals surface area contributed by atoms with Crippen LogP contribution in [0.1, 0.15) is 36.2 Å². The second kappa shape index (κ2) is 8.86. The zero-order valence-corrected chi connectivity index (χ0v) is 16.9. The van der Waals surface area contributed by atoms with Gasteiger partial charge in [-0.25, -0.2) is 4.79 Å². The van der Waals surface area contributed by atoms with E-state index in [1.807, 2.05) is 4.90 Å². The molecule has 9 nitrogen and oxygen atoms in total. The first-order valence-electron chi connectivity index (χ1n) is 10.2. The minimum absolute atomic E-state index is 0.0824. The maximum Gasteiger partial charge on any atom is 0.321 e. The van der Waals surface area contributed by atoms with E-state index in [1.54, 1.807) is 42.5 Å². The third-order valence-electron chi connectivity index (χ3n) is 5.36. The average Bonchev–Trinajstić information content (AvgIpc) is 3.01. The Labute approximate surface area is 178 Å². The number of non-ortho nitro benzene ring substituents is 1. The van der Waals surface area contributed by atoms with E-state index >= 15 is 0 Å². The SMILES string of the molecule is O=C(Nc1ccc(NC(=O)N2CCCCCC2)cc1)c1cc2cccc([N+](=O)[O-])c2[nH]1. The van der Waals surface area contributed by atoms with Crippen LogP contribution in [0, 0.1) is 10.1 Å². The highest BCUT2D eigenvalue weighted by molar-refractivity contribution is 6.07. The number of para-hydroxylation sites is 1. The largest absolute Gasteiger partial charge is 0.345 e. The number of rotatable bonds is 4. The van der Waals surface area contributed by atoms with Gasteiger partial charge in [-0.05, 0) is 43.2 Å². The van der Waals surface area contributed by atoms with Crippen LogP contribution < -0.4 is 10.6 Å². The lowest BCUT2D eigenvalue weighted by Crippen LogP contribution is -2.35. The molecule has 0 atom stereocenters.